The predicted octanol–water partition coefficient (Wildman–Crippen LogP) is 5.31. The van der Waals surface area contributed by atoms with E-state index in [0.29, 0.717) is 21.5 Å². The number of carbonyl (C=O) groups excluding carboxylic acids is 2. The van der Waals surface area contributed by atoms with E-state index in [2.05, 4.69) is 10.6 Å². The van der Waals surface area contributed by atoms with Crippen molar-refractivity contribution >= 4 is 61.9 Å². The average Bonchev–Trinajstić information content (AvgIpc) is 2.99. The maximum atomic E-state index is 12.7. The zero-order valence-corrected chi connectivity index (χ0v) is 16.6. The molecule has 0 saturated heterocycles. The van der Waals surface area contributed by atoms with Gasteiger partial charge in [-0.3, -0.25) is 19.7 Å². The lowest BCUT2D eigenvalue weighted by molar-refractivity contribution is -0.382. The largest absolute Gasteiger partial charge is 0.326 e. The first-order chi connectivity index (χ1) is 13.3. The maximum absolute atomic E-state index is 12.7. The Hall–Kier alpha value is -2.97. The number of benzene rings is 2. The van der Waals surface area contributed by atoms with Gasteiger partial charge in [0.15, 0.2) is 0 Å². The minimum Gasteiger partial charge on any atom is -0.326 e. The van der Waals surface area contributed by atoms with Gasteiger partial charge in [0.2, 0.25) is 5.91 Å². The molecule has 0 radical (unpaired) electrons. The van der Waals surface area contributed by atoms with E-state index in [4.69, 9.17) is 11.6 Å². The molecular formula is C19H16ClN3O4S. The second-order valence-electron chi connectivity index (χ2n) is 6.33. The van der Waals surface area contributed by atoms with Gasteiger partial charge in [0, 0.05) is 28.7 Å². The number of nitrogens with zero attached hydrogens (tertiary/aromatic N) is 1. The number of rotatable bonds is 5. The highest BCUT2D eigenvalue weighted by Gasteiger charge is 2.22. The van der Waals surface area contributed by atoms with Crippen molar-refractivity contribution in [1.29, 1.82) is 0 Å². The van der Waals surface area contributed by atoms with Crippen molar-refractivity contribution in [1.82, 2.24) is 0 Å². The van der Waals surface area contributed by atoms with Gasteiger partial charge in [0.1, 0.15) is 9.58 Å². The van der Waals surface area contributed by atoms with Gasteiger partial charge in [-0.25, -0.2) is 0 Å². The number of thiophene rings is 1. The van der Waals surface area contributed by atoms with Crippen LogP contribution in [0.15, 0.2) is 42.5 Å². The first kappa shape index (κ1) is 19.8. The van der Waals surface area contributed by atoms with Crippen LogP contribution in [0.1, 0.15) is 23.5 Å². The number of halogens is 1. The van der Waals surface area contributed by atoms with Crippen LogP contribution in [0, 0.1) is 16.0 Å². The molecule has 0 aliphatic carbocycles. The van der Waals surface area contributed by atoms with Crippen LogP contribution in [-0.4, -0.2) is 16.7 Å². The molecule has 0 atom stereocenters. The minimum absolute atomic E-state index is 0.0955. The molecule has 0 fully saturated rings. The van der Waals surface area contributed by atoms with Crippen LogP contribution < -0.4 is 10.6 Å². The zero-order chi connectivity index (χ0) is 20.4. The third-order valence-corrected chi connectivity index (χ3v) is 5.68. The molecule has 1 heterocycles. The van der Waals surface area contributed by atoms with Crippen LogP contribution in [0.25, 0.3) is 10.1 Å². The summed E-state index contributed by atoms with van der Waals surface area (Å²) in [6.45, 7) is 3.56. The van der Waals surface area contributed by atoms with Gasteiger partial charge in [-0.05, 0) is 18.2 Å². The normalized spacial score (nSPS) is 10.9. The Morgan fingerprint density at radius 1 is 1.11 bits per heavy atom. The smallest absolute Gasteiger partial charge is 0.287 e. The third-order valence-electron chi connectivity index (χ3n) is 3.95. The lowest BCUT2D eigenvalue weighted by atomic mass is 10.2. The number of hydrogen-bond acceptors (Lipinski definition) is 5. The Balaban J connectivity index is 1.88. The molecule has 2 aromatic carbocycles. The summed E-state index contributed by atoms with van der Waals surface area (Å²) in [6, 6.07) is 11.3. The first-order valence-corrected chi connectivity index (χ1v) is 9.55. The second kappa shape index (κ2) is 7.95. The molecule has 2 N–H and O–H groups in total. The summed E-state index contributed by atoms with van der Waals surface area (Å²) in [5.74, 6) is -0.789. The van der Waals surface area contributed by atoms with Crippen molar-refractivity contribution in [3.05, 3.63) is 62.5 Å². The fourth-order valence-electron chi connectivity index (χ4n) is 2.51. The minimum atomic E-state index is -0.502. The molecular weight excluding hydrogens is 402 g/mol. The number of hydrogen-bond donors (Lipinski definition) is 2. The number of nitro groups is 1. The van der Waals surface area contributed by atoms with Crippen molar-refractivity contribution in [2.45, 2.75) is 13.8 Å². The fraction of sp³-hybridized carbons (Fsp3) is 0.158. The lowest BCUT2D eigenvalue weighted by Crippen LogP contribution is -2.18. The SMILES string of the molecule is CC(C)C(=O)Nc1cccc(NC(=O)c2sc3c([N+](=O)[O-])cccc3c2Cl)c1. The van der Waals surface area contributed by atoms with E-state index in [0.717, 1.165) is 11.3 Å². The van der Waals surface area contributed by atoms with Gasteiger partial charge in [-0.15, -0.1) is 11.3 Å². The van der Waals surface area contributed by atoms with Crippen molar-refractivity contribution in [2.24, 2.45) is 5.92 Å². The number of amides is 2. The Labute approximate surface area is 169 Å². The molecule has 0 bridgehead atoms. The Morgan fingerprint density at radius 2 is 1.75 bits per heavy atom. The van der Waals surface area contributed by atoms with Gasteiger partial charge in [0.05, 0.1) is 9.95 Å². The van der Waals surface area contributed by atoms with Crippen molar-refractivity contribution < 1.29 is 14.5 Å². The number of non-ortho nitro benzene ring substituents is 1. The first-order valence-electron chi connectivity index (χ1n) is 8.35. The van der Waals surface area contributed by atoms with E-state index >= 15 is 0 Å². The molecule has 0 aliphatic heterocycles. The summed E-state index contributed by atoms with van der Waals surface area (Å²) in [5.41, 5.74) is 0.922. The van der Waals surface area contributed by atoms with Crippen LogP contribution in [0.4, 0.5) is 17.1 Å². The van der Waals surface area contributed by atoms with Crippen LogP contribution in [-0.2, 0) is 4.79 Å². The summed E-state index contributed by atoms with van der Waals surface area (Å²) in [6.07, 6.45) is 0. The number of nitro benzene ring substituents is 1. The van der Waals surface area contributed by atoms with Gasteiger partial charge in [-0.1, -0.05) is 43.6 Å². The molecule has 9 heteroatoms. The highest BCUT2D eigenvalue weighted by atomic mass is 35.5. The standard InChI is InChI=1S/C19H16ClN3O4S/c1-10(2)18(24)21-11-5-3-6-12(9-11)22-19(25)17-15(20)13-7-4-8-14(23(26)27)16(13)28-17/h3-10H,1-2H3,(H,21,24)(H,22,25). The summed E-state index contributed by atoms with van der Waals surface area (Å²) < 4.78 is 0.348. The molecule has 3 rings (SSSR count). The van der Waals surface area contributed by atoms with Crippen LogP contribution in [0.5, 0.6) is 0 Å². The summed E-state index contributed by atoms with van der Waals surface area (Å²) in [5, 5.41) is 17.3. The molecule has 28 heavy (non-hydrogen) atoms. The Kier molecular flexibility index (Phi) is 5.62. The molecule has 0 saturated carbocycles. The number of nitrogens with one attached hydrogen (secondary N) is 2. The lowest BCUT2D eigenvalue weighted by Gasteiger charge is -2.10. The topological polar surface area (TPSA) is 101 Å². The zero-order valence-electron chi connectivity index (χ0n) is 15.0. The quantitative estimate of drug-likeness (QED) is 0.433. The number of anilines is 2. The van der Waals surface area contributed by atoms with Crippen LogP contribution in [0.3, 0.4) is 0 Å². The van der Waals surface area contributed by atoms with Crippen LogP contribution in [0.2, 0.25) is 5.02 Å². The Morgan fingerprint density at radius 3 is 2.39 bits per heavy atom. The molecule has 0 unspecified atom stereocenters. The molecule has 3 aromatic rings. The third kappa shape index (κ3) is 3.97. The molecule has 0 spiro atoms. The van der Waals surface area contributed by atoms with E-state index in [9.17, 15) is 19.7 Å². The number of carbonyl (C=O) groups is 2. The second-order valence-corrected chi connectivity index (χ2v) is 7.73. The van der Waals surface area contributed by atoms with E-state index in [1.807, 2.05) is 0 Å². The van der Waals surface area contributed by atoms with E-state index in [-0.39, 0.29) is 27.4 Å². The summed E-state index contributed by atoms with van der Waals surface area (Å²) in [4.78, 5) is 35.4. The highest BCUT2D eigenvalue weighted by Crippen LogP contribution is 2.40. The molecule has 2 amide bonds. The summed E-state index contributed by atoms with van der Waals surface area (Å²) >= 11 is 7.27. The predicted molar refractivity (Wildman–Crippen MR) is 111 cm³/mol. The molecule has 144 valence electrons. The van der Waals surface area contributed by atoms with E-state index < -0.39 is 10.8 Å². The van der Waals surface area contributed by atoms with E-state index in [1.165, 1.54) is 12.1 Å². The Bertz CT molecular complexity index is 1090. The maximum Gasteiger partial charge on any atom is 0.287 e. The van der Waals surface area contributed by atoms with E-state index in [1.54, 1.807) is 44.2 Å². The number of fused-ring (bicyclic) bond motifs is 1. The molecule has 1 aromatic heterocycles. The van der Waals surface area contributed by atoms with Gasteiger partial charge in [0.25, 0.3) is 11.6 Å². The average molecular weight is 418 g/mol. The molecule has 7 nitrogen and oxygen atoms in total. The van der Waals surface area contributed by atoms with Gasteiger partial charge >= 0.3 is 0 Å². The fourth-order valence-corrected chi connectivity index (χ4v) is 4.00. The summed E-state index contributed by atoms with van der Waals surface area (Å²) in [7, 11) is 0. The van der Waals surface area contributed by atoms with Crippen molar-refractivity contribution in [3.8, 4) is 0 Å². The van der Waals surface area contributed by atoms with Crippen molar-refractivity contribution in [2.75, 3.05) is 10.6 Å². The van der Waals surface area contributed by atoms with Gasteiger partial charge < -0.3 is 10.6 Å². The van der Waals surface area contributed by atoms with Crippen LogP contribution >= 0.6 is 22.9 Å². The van der Waals surface area contributed by atoms with Gasteiger partial charge in [-0.2, -0.15) is 0 Å². The highest BCUT2D eigenvalue weighted by molar-refractivity contribution is 7.22. The molecule has 0 aliphatic rings. The monoisotopic (exact) mass is 417 g/mol. The van der Waals surface area contributed by atoms with Crippen molar-refractivity contribution in [3.63, 3.8) is 0 Å².